The predicted octanol–water partition coefficient (Wildman–Crippen LogP) is 4.74. The van der Waals surface area contributed by atoms with Crippen LogP contribution in [0.5, 0.6) is 28.7 Å². The number of benzene rings is 2. The molecule has 2 heterocycles. The maximum Gasteiger partial charge on any atom is 0.228 e. The van der Waals surface area contributed by atoms with Gasteiger partial charge in [-0.3, -0.25) is 9.78 Å². The van der Waals surface area contributed by atoms with Gasteiger partial charge in [-0.05, 0) is 48.0 Å². The Kier molecular flexibility index (Phi) is 6.92. The van der Waals surface area contributed by atoms with Crippen molar-refractivity contribution in [3.05, 3.63) is 72.6 Å². The SMILES string of the molecule is COc1cc(CC(=O)Nc2ccc(Oc3ccnc(-c4ccon4)c3)cc2)cc(OC)c1OC. The Morgan fingerprint density at radius 2 is 1.62 bits per heavy atom. The lowest BCUT2D eigenvalue weighted by molar-refractivity contribution is -0.115. The fourth-order valence-electron chi connectivity index (χ4n) is 3.33. The summed E-state index contributed by atoms with van der Waals surface area (Å²) in [6.45, 7) is 0. The molecule has 4 aromatic rings. The minimum atomic E-state index is -0.186. The van der Waals surface area contributed by atoms with Crippen LogP contribution >= 0.6 is 0 Å². The fourth-order valence-corrected chi connectivity index (χ4v) is 3.33. The highest BCUT2D eigenvalue weighted by molar-refractivity contribution is 5.92. The first-order valence-electron chi connectivity index (χ1n) is 10.3. The van der Waals surface area contributed by atoms with Gasteiger partial charge in [-0.25, -0.2) is 0 Å². The Hall–Kier alpha value is -4.53. The number of carbonyl (C=O) groups is 1. The van der Waals surface area contributed by atoms with Gasteiger partial charge in [0.1, 0.15) is 23.5 Å². The lowest BCUT2D eigenvalue weighted by atomic mass is 10.1. The summed E-state index contributed by atoms with van der Waals surface area (Å²) in [6.07, 6.45) is 3.26. The number of anilines is 1. The van der Waals surface area contributed by atoms with Gasteiger partial charge >= 0.3 is 0 Å². The third-order valence-electron chi connectivity index (χ3n) is 4.89. The summed E-state index contributed by atoms with van der Waals surface area (Å²) in [5.41, 5.74) is 2.63. The summed E-state index contributed by atoms with van der Waals surface area (Å²) in [6, 6.07) is 15.8. The predicted molar refractivity (Wildman–Crippen MR) is 125 cm³/mol. The van der Waals surface area contributed by atoms with Crippen LogP contribution in [0.1, 0.15) is 5.56 Å². The molecule has 1 N–H and O–H groups in total. The third-order valence-corrected chi connectivity index (χ3v) is 4.89. The summed E-state index contributed by atoms with van der Waals surface area (Å²) < 4.78 is 26.8. The van der Waals surface area contributed by atoms with Crippen molar-refractivity contribution < 1.29 is 28.3 Å². The minimum absolute atomic E-state index is 0.136. The lowest BCUT2D eigenvalue weighted by Crippen LogP contribution is -2.14. The van der Waals surface area contributed by atoms with Crippen LogP contribution < -0.4 is 24.3 Å². The normalized spacial score (nSPS) is 10.4. The Labute approximate surface area is 196 Å². The van der Waals surface area contributed by atoms with Crippen molar-refractivity contribution in [3.63, 3.8) is 0 Å². The molecule has 34 heavy (non-hydrogen) atoms. The van der Waals surface area contributed by atoms with Crippen LogP contribution in [0.4, 0.5) is 5.69 Å². The highest BCUT2D eigenvalue weighted by Gasteiger charge is 2.15. The number of nitrogens with zero attached hydrogens (tertiary/aromatic N) is 2. The second-order valence-electron chi connectivity index (χ2n) is 7.15. The minimum Gasteiger partial charge on any atom is -0.493 e. The lowest BCUT2D eigenvalue weighted by Gasteiger charge is -2.14. The number of nitrogens with one attached hydrogen (secondary N) is 1. The number of aromatic nitrogens is 2. The first-order valence-corrected chi connectivity index (χ1v) is 10.3. The molecular weight excluding hydrogens is 438 g/mol. The smallest absolute Gasteiger partial charge is 0.228 e. The molecule has 0 saturated heterocycles. The van der Waals surface area contributed by atoms with Crippen LogP contribution in [0, 0.1) is 0 Å². The molecule has 0 fully saturated rings. The molecule has 4 rings (SSSR count). The average molecular weight is 461 g/mol. The van der Waals surface area contributed by atoms with Gasteiger partial charge in [-0.1, -0.05) is 5.16 Å². The van der Waals surface area contributed by atoms with Crippen molar-refractivity contribution in [2.24, 2.45) is 0 Å². The van der Waals surface area contributed by atoms with E-state index in [0.717, 1.165) is 5.56 Å². The number of hydrogen-bond donors (Lipinski definition) is 1. The van der Waals surface area contributed by atoms with E-state index in [2.05, 4.69) is 15.5 Å². The van der Waals surface area contributed by atoms with E-state index in [1.54, 1.807) is 60.8 Å². The monoisotopic (exact) mass is 461 g/mol. The molecule has 0 bridgehead atoms. The topological polar surface area (TPSA) is 105 Å². The second-order valence-corrected chi connectivity index (χ2v) is 7.15. The number of pyridine rings is 1. The molecule has 0 unspecified atom stereocenters. The largest absolute Gasteiger partial charge is 0.493 e. The van der Waals surface area contributed by atoms with E-state index in [9.17, 15) is 4.79 Å². The maximum atomic E-state index is 12.6. The zero-order chi connectivity index (χ0) is 23.9. The number of hydrogen-bond acceptors (Lipinski definition) is 8. The molecular formula is C25H23N3O6. The van der Waals surface area contributed by atoms with Crippen LogP contribution in [-0.2, 0) is 11.2 Å². The van der Waals surface area contributed by atoms with Gasteiger partial charge in [-0.2, -0.15) is 0 Å². The van der Waals surface area contributed by atoms with Crippen molar-refractivity contribution in [2.45, 2.75) is 6.42 Å². The summed E-state index contributed by atoms with van der Waals surface area (Å²) in [5, 5.41) is 6.75. The summed E-state index contributed by atoms with van der Waals surface area (Å²) >= 11 is 0. The van der Waals surface area contributed by atoms with Crippen molar-refractivity contribution >= 4 is 11.6 Å². The second kappa shape index (κ2) is 10.4. The van der Waals surface area contributed by atoms with E-state index in [-0.39, 0.29) is 12.3 Å². The molecule has 0 radical (unpaired) electrons. The third kappa shape index (κ3) is 5.26. The summed E-state index contributed by atoms with van der Waals surface area (Å²) in [7, 11) is 4.60. The van der Waals surface area contributed by atoms with Gasteiger partial charge in [0.25, 0.3) is 0 Å². The van der Waals surface area contributed by atoms with Crippen molar-refractivity contribution in [1.29, 1.82) is 0 Å². The van der Waals surface area contributed by atoms with Crippen molar-refractivity contribution in [2.75, 3.05) is 26.6 Å². The molecule has 0 spiro atoms. The van der Waals surface area contributed by atoms with Gasteiger partial charge in [0.05, 0.1) is 33.4 Å². The first-order chi connectivity index (χ1) is 16.6. The summed E-state index contributed by atoms with van der Waals surface area (Å²) in [5.74, 6) is 2.50. The van der Waals surface area contributed by atoms with Crippen LogP contribution in [0.2, 0.25) is 0 Å². The molecule has 0 aliphatic rings. The van der Waals surface area contributed by atoms with Crippen LogP contribution in [0.15, 0.2) is 71.6 Å². The Morgan fingerprint density at radius 1 is 0.882 bits per heavy atom. The highest BCUT2D eigenvalue weighted by atomic mass is 16.5. The molecule has 174 valence electrons. The molecule has 9 nitrogen and oxygen atoms in total. The Balaban J connectivity index is 1.39. The quantitative estimate of drug-likeness (QED) is 0.381. The molecule has 0 atom stereocenters. The van der Waals surface area contributed by atoms with E-state index in [4.69, 9.17) is 23.5 Å². The van der Waals surface area contributed by atoms with E-state index in [1.165, 1.54) is 27.6 Å². The van der Waals surface area contributed by atoms with E-state index in [0.29, 0.717) is 45.8 Å². The standard InChI is InChI=1S/C25H23N3O6/c1-30-22-12-16(13-23(31-2)25(22)32-3)14-24(29)27-17-4-6-18(7-5-17)34-19-8-10-26-21(15-19)20-9-11-33-28-20/h4-13,15H,14H2,1-3H3,(H,27,29). The van der Waals surface area contributed by atoms with Gasteiger partial charge in [0.15, 0.2) is 11.5 Å². The summed E-state index contributed by atoms with van der Waals surface area (Å²) in [4.78, 5) is 16.8. The molecule has 0 aliphatic heterocycles. The number of carbonyl (C=O) groups excluding carboxylic acids is 1. The Morgan fingerprint density at radius 3 is 2.24 bits per heavy atom. The average Bonchev–Trinajstić information content (AvgIpc) is 3.40. The molecule has 2 aromatic carbocycles. The van der Waals surface area contributed by atoms with E-state index in [1.807, 2.05) is 0 Å². The Bertz CT molecular complexity index is 1230. The molecule has 2 aromatic heterocycles. The first kappa shape index (κ1) is 22.7. The van der Waals surface area contributed by atoms with E-state index >= 15 is 0 Å². The number of amides is 1. The van der Waals surface area contributed by atoms with Gasteiger partial charge in [0.2, 0.25) is 11.7 Å². The fraction of sp³-hybridized carbons (Fsp3) is 0.160. The van der Waals surface area contributed by atoms with Gasteiger partial charge in [-0.15, -0.1) is 0 Å². The number of ether oxygens (including phenoxy) is 4. The van der Waals surface area contributed by atoms with Crippen molar-refractivity contribution in [1.82, 2.24) is 10.1 Å². The highest BCUT2D eigenvalue weighted by Crippen LogP contribution is 2.38. The van der Waals surface area contributed by atoms with E-state index < -0.39 is 0 Å². The zero-order valence-corrected chi connectivity index (χ0v) is 18.9. The molecule has 1 amide bonds. The van der Waals surface area contributed by atoms with Gasteiger partial charge in [0, 0.05) is 24.0 Å². The molecule has 9 heteroatoms. The molecule has 0 saturated carbocycles. The van der Waals surface area contributed by atoms with Crippen LogP contribution in [0.25, 0.3) is 11.4 Å². The maximum absolute atomic E-state index is 12.6. The molecule has 0 aliphatic carbocycles. The number of methoxy groups -OCH3 is 3. The van der Waals surface area contributed by atoms with Crippen molar-refractivity contribution in [3.8, 4) is 40.1 Å². The number of rotatable bonds is 9. The zero-order valence-electron chi connectivity index (χ0n) is 18.9. The van der Waals surface area contributed by atoms with Gasteiger partial charge < -0.3 is 28.8 Å². The van der Waals surface area contributed by atoms with Crippen LogP contribution in [0.3, 0.4) is 0 Å². The van der Waals surface area contributed by atoms with Crippen LogP contribution in [-0.4, -0.2) is 37.4 Å².